The minimum Gasteiger partial charge on any atom is -0.344 e. The molecule has 0 aliphatic carbocycles. The Labute approximate surface area is 105 Å². The second-order valence-electron chi connectivity index (χ2n) is 4.37. The van der Waals surface area contributed by atoms with Gasteiger partial charge in [-0.15, -0.1) is 0 Å². The number of amides is 1. The van der Waals surface area contributed by atoms with E-state index in [0.29, 0.717) is 15.9 Å². The summed E-state index contributed by atoms with van der Waals surface area (Å²) >= 11 is 3.06. The molecule has 1 amide bonds. The smallest absolute Gasteiger partial charge is 0.251 e. The van der Waals surface area contributed by atoms with Crippen molar-refractivity contribution in [2.75, 3.05) is 24.6 Å². The summed E-state index contributed by atoms with van der Waals surface area (Å²) in [4.78, 5) is 11.7. The molecule has 0 aliphatic rings. The van der Waals surface area contributed by atoms with Crippen molar-refractivity contribution in [1.29, 1.82) is 0 Å². The first-order valence-corrected chi connectivity index (χ1v) is 8.51. The third-order valence-electron chi connectivity index (χ3n) is 1.85. The fraction of sp³-hybridized carbons (Fsp3) is 0.364. The van der Waals surface area contributed by atoms with Crippen molar-refractivity contribution in [3.05, 3.63) is 34.1 Å². The molecule has 5 heteroatoms. The van der Waals surface area contributed by atoms with Crippen LogP contribution in [0.25, 0.3) is 0 Å². The molecule has 0 fully saturated rings. The van der Waals surface area contributed by atoms with Gasteiger partial charge in [0.15, 0.2) is 0 Å². The Morgan fingerprint density at radius 3 is 2.56 bits per heavy atom. The normalized spacial score (nSPS) is 12.3. The SMILES string of the molecule is CS(C)(C)CNC(=O)c1ccc(F)c(Br)c1. The van der Waals surface area contributed by atoms with Crippen LogP contribution in [0.1, 0.15) is 10.4 Å². The molecule has 2 nitrogen and oxygen atoms in total. The quantitative estimate of drug-likeness (QED) is 0.914. The van der Waals surface area contributed by atoms with Gasteiger partial charge in [0.2, 0.25) is 0 Å². The van der Waals surface area contributed by atoms with Gasteiger partial charge in [-0.3, -0.25) is 4.79 Å². The standard InChI is InChI=1S/C11H15BrFNOS/c1-16(2,3)7-14-11(15)8-4-5-10(13)9(12)6-8/h4-6H,7H2,1-3H3,(H,14,15). The van der Waals surface area contributed by atoms with Gasteiger partial charge in [0.05, 0.1) is 4.47 Å². The number of nitrogens with one attached hydrogen (secondary N) is 1. The van der Waals surface area contributed by atoms with Crippen molar-refractivity contribution in [3.8, 4) is 0 Å². The lowest BCUT2D eigenvalue weighted by Crippen LogP contribution is -2.27. The Hall–Kier alpha value is -0.550. The summed E-state index contributed by atoms with van der Waals surface area (Å²) in [5, 5.41) is 2.84. The van der Waals surface area contributed by atoms with E-state index in [9.17, 15) is 9.18 Å². The molecule has 1 aromatic rings. The fourth-order valence-corrected chi connectivity index (χ4v) is 1.96. The van der Waals surface area contributed by atoms with Crippen LogP contribution in [0.2, 0.25) is 0 Å². The molecule has 0 saturated heterocycles. The zero-order valence-corrected chi connectivity index (χ0v) is 11.9. The van der Waals surface area contributed by atoms with Crippen LogP contribution >= 0.6 is 26.0 Å². The predicted molar refractivity (Wildman–Crippen MR) is 71.8 cm³/mol. The summed E-state index contributed by atoms with van der Waals surface area (Å²) in [5.41, 5.74) is 0.469. The van der Waals surface area contributed by atoms with Crippen molar-refractivity contribution >= 4 is 31.9 Å². The first-order chi connectivity index (χ1) is 7.29. The predicted octanol–water partition coefficient (Wildman–Crippen LogP) is 2.97. The maximum Gasteiger partial charge on any atom is 0.251 e. The molecule has 0 aromatic heterocycles. The summed E-state index contributed by atoms with van der Waals surface area (Å²) in [7, 11) is -0.763. The lowest BCUT2D eigenvalue weighted by atomic mass is 10.2. The minimum absolute atomic E-state index is 0.164. The van der Waals surface area contributed by atoms with Gasteiger partial charge in [-0.1, -0.05) is 0 Å². The van der Waals surface area contributed by atoms with Crippen LogP contribution < -0.4 is 5.32 Å². The Kier molecular flexibility index (Phi) is 4.38. The lowest BCUT2D eigenvalue weighted by molar-refractivity contribution is 0.0960. The number of hydrogen-bond acceptors (Lipinski definition) is 1. The first kappa shape index (κ1) is 13.5. The van der Waals surface area contributed by atoms with E-state index in [1.807, 2.05) is 0 Å². The van der Waals surface area contributed by atoms with Gasteiger partial charge in [-0.05, 0) is 52.9 Å². The van der Waals surface area contributed by atoms with Gasteiger partial charge >= 0.3 is 0 Å². The van der Waals surface area contributed by atoms with Gasteiger partial charge < -0.3 is 5.32 Å². The van der Waals surface area contributed by atoms with E-state index in [2.05, 4.69) is 40.0 Å². The van der Waals surface area contributed by atoms with Crippen LogP contribution in [-0.4, -0.2) is 30.6 Å². The highest BCUT2D eigenvalue weighted by Gasteiger charge is 2.10. The van der Waals surface area contributed by atoms with Crippen LogP contribution in [0, 0.1) is 5.82 Å². The van der Waals surface area contributed by atoms with Crippen molar-refractivity contribution in [2.45, 2.75) is 0 Å². The Bertz CT molecular complexity index is 403. The summed E-state index contributed by atoms with van der Waals surface area (Å²) in [5.74, 6) is 0.141. The van der Waals surface area contributed by atoms with Crippen LogP contribution in [0.5, 0.6) is 0 Å². The maximum atomic E-state index is 13.0. The molecule has 0 saturated carbocycles. The van der Waals surface area contributed by atoms with E-state index in [-0.39, 0.29) is 11.7 Å². The van der Waals surface area contributed by atoms with E-state index in [4.69, 9.17) is 0 Å². The Morgan fingerprint density at radius 2 is 2.06 bits per heavy atom. The van der Waals surface area contributed by atoms with E-state index in [0.717, 1.165) is 0 Å². The monoisotopic (exact) mass is 307 g/mol. The van der Waals surface area contributed by atoms with Crippen molar-refractivity contribution in [3.63, 3.8) is 0 Å². The molecule has 0 aliphatic heterocycles. The summed E-state index contributed by atoms with van der Waals surface area (Å²) in [6.07, 6.45) is 6.36. The molecule has 90 valence electrons. The summed E-state index contributed by atoms with van der Waals surface area (Å²) in [6.45, 7) is 0. The van der Waals surface area contributed by atoms with Gasteiger partial charge in [0.1, 0.15) is 5.82 Å². The zero-order valence-electron chi connectivity index (χ0n) is 9.51. The van der Waals surface area contributed by atoms with Crippen molar-refractivity contribution < 1.29 is 9.18 Å². The molecule has 0 atom stereocenters. The Morgan fingerprint density at radius 1 is 1.44 bits per heavy atom. The second-order valence-corrected chi connectivity index (χ2v) is 9.69. The zero-order chi connectivity index (χ0) is 12.3. The van der Waals surface area contributed by atoms with E-state index < -0.39 is 10.0 Å². The third-order valence-corrected chi connectivity index (χ3v) is 3.47. The second kappa shape index (κ2) is 5.19. The van der Waals surface area contributed by atoms with Gasteiger partial charge in [0, 0.05) is 11.4 Å². The largest absolute Gasteiger partial charge is 0.344 e. The van der Waals surface area contributed by atoms with Gasteiger partial charge in [-0.2, -0.15) is 0 Å². The number of carbonyl (C=O) groups is 1. The highest BCUT2D eigenvalue weighted by atomic mass is 79.9. The minimum atomic E-state index is -0.763. The summed E-state index contributed by atoms with van der Waals surface area (Å²) < 4.78 is 13.3. The van der Waals surface area contributed by atoms with Crippen molar-refractivity contribution in [2.24, 2.45) is 0 Å². The average Bonchev–Trinajstić information content (AvgIpc) is 2.17. The van der Waals surface area contributed by atoms with E-state index >= 15 is 0 Å². The maximum absolute atomic E-state index is 13.0. The third kappa shape index (κ3) is 4.14. The van der Waals surface area contributed by atoms with Crippen LogP contribution in [-0.2, 0) is 0 Å². The number of benzene rings is 1. The van der Waals surface area contributed by atoms with Gasteiger partial charge in [0.25, 0.3) is 5.91 Å². The van der Waals surface area contributed by atoms with Crippen molar-refractivity contribution in [1.82, 2.24) is 5.32 Å². The first-order valence-electron chi connectivity index (χ1n) is 4.69. The van der Waals surface area contributed by atoms with Crippen LogP contribution in [0.3, 0.4) is 0 Å². The molecule has 0 bridgehead atoms. The fourth-order valence-electron chi connectivity index (χ4n) is 1.02. The molecule has 0 spiro atoms. The Balaban J connectivity index is 2.70. The molecule has 0 heterocycles. The van der Waals surface area contributed by atoms with Gasteiger partial charge in [-0.25, -0.2) is 14.4 Å². The molecule has 16 heavy (non-hydrogen) atoms. The van der Waals surface area contributed by atoms with E-state index in [1.165, 1.54) is 18.2 Å². The highest BCUT2D eigenvalue weighted by Crippen LogP contribution is 2.32. The molecule has 1 N–H and O–H groups in total. The number of rotatable bonds is 3. The lowest BCUT2D eigenvalue weighted by Gasteiger charge is -2.25. The number of hydrogen-bond donors (Lipinski definition) is 1. The highest BCUT2D eigenvalue weighted by molar-refractivity contribution is 9.10. The van der Waals surface area contributed by atoms with E-state index in [1.54, 1.807) is 0 Å². The molecule has 1 rings (SSSR count). The average molecular weight is 308 g/mol. The van der Waals surface area contributed by atoms with Crippen LogP contribution in [0.15, 0.2) is 22.7 Å². The number of halogens is 2. The van der Waals surface area contributed by atoms with Crippen LogP contribution in [0.4, 0.5) is 4.39 Å². The molecule has 0 radical (unpaired) electrons. The molecule has 1 aromatic carbocycles. The molecule has 0 unspecified atom stereocenters. The summed E-state index contributed by atoms with van der Waals surface area (Å²) in [6, 6.07) is 4.25. The number of carbonyl (C=O) groups excluding carboxylic acids is 1. The molecular formula is C11H15BrFNOS. The molecular weight excluding hydrogens is 293 g/mol. The topological polar surface area (TPSA) is 29.1 Å².